The number of nitrogens with zero attached hydrogens (tertiary/aromatic N) is 4. The predicted octanol–water partition coefficient (Wildman–Crippen LogP) is 4.58. The van der Waals surface area contributed by atoms with Gasteiger partial charge >= 0.3 is 5.97 Å². The summed E-state index contributed by atoms with van der Waals surface area (Å²) in [4.78, 5) is 41.7. The van der Waals surface area contributed by atoms with Crippen LogP contribution in [0, 0.1) is 0 Å². The summed E-state index contributed by atoms with van der Waals surface area (Å²) in [5, 5.41) is 13.4. The van der Waals surface area contributed by atoms with Crippen molar-refractivity contribution in [3.05, 3.63) is 61.1 Å². The SMILES string of the molecule is COc1c(-c2cc3c(s2)CCC(N=[N+]=[N-])C3=O)ccc2c(=O)c(C(=O)O)cn(C3CC3)c12. The third-order valence-corrected chi connectivity index (χ3v) is 7.23. The van der Waals surface area contributed by atoms with Crippen LogP contribution in [0.15, 0.2) is 34.3 Å². The van der Waals surface area contributed by atoms with E-state index in [0.717, 1.165) is 28.2 Å². The Morgan fingerprint density at radius 1 is 1.28 bits per heavy atom. The van der Waals surface area contributed by atoms with Gasteiger partial charge < -0.3 is 14.4 Å². The molecule has 1 saturated carbocycles. The molecule has 0 spiro atoms. The number of hydrogen-bond acceptors (Lipinski definition) is 6. The fourth-order valence-corrected chi connectivity index (χ4v) is 5.52. The molecule has 32 heavy (non-hydrogen) atoms. The summed E-state index contributed by atoms with van der Waals surface area (Å²) in [6.07, 6.45) is 4.31. The van der Waals surface area contributed by atoms with Gasteiger partial charge in [0.1, 0.15) is 11.6 Å². The minimum atomic E-state index is -1.26. The van der Waals surface area contributed by atoms with Crippen LogP contribution in [0.5, 0.6) is 5.75 Å². The molecule has 10 heteroatoms. The summed E-state index contributed by atoms with van der Waals surface area (Å²) in [6.45, 7) is 0. The van der Waals surface area contributed by atoms with Crippen LogP contribution in [0.4, 0.5) is 0 Å². The number of carboxylic acid groups (broad SMARTS) is 1. The summed E-state index contributed by atoms with van der Waals surface area (Å²) < 4.78 is 7.59. The molecule has 0 radical (unpaired) electrons. The van der Waals surface area contributed by atoms with Gasteiger partial charge in [-0.1, -0.05) is 5.11 Å². The lowest BCUT2D eigenvalue weighted by Gasteiger charge is -2.17. The maximum Gasteiger partial charge on any atom is 0.341 e. The Balaban J connectivity index is 1.73. The molecule has 2 aromatic heterocycles. The number of aromatic nitrogens is 1. The lowest BCUT2D eigenvalue weighted by molar-refractivity contribution is 0.0694. The minimum absolute atomic E-state index is 0.114. The van der Waals surface area contributed by atoms with E-state index in [4.69, 9.17) is 10.3 Å². The topological polar surface area (TPSA) is 134 Å². The van der Waals surface area contributed by atoms with Crippen LogP contribution in [0.2, 0.25) is 0 Å². The quantitative estimate of drug-likeness (QED) is 0.345. The Bertz CT molecular complexity index is 1410. The largest absolute Gasteiger partial charge is 0.494 e. The monoisotopic (exact) mass is 450 g/mol. The number of aromatic carboxylic acids is 1. The van der Waals surface area contributed by atoms with Gasteiger partial charge in [0.05, 0.1) is 18.0 Å². The number of ether oxygens (including phenoxy) is 1. The number of hydrogen-bond donors (Lipinski definition) is 1. The Kier molecular flexibility index (Phi) is 4.76. The van der Waals surface area contributed by atoms with Crippen LogP contribution in [0.3, 0.4) is 0 Å². The molecule has 1 N–H and O–H groups in total. The van der Waals surface area contributed by atoms with Crippen LogP contribution in [-0.2, 0) is 6.42 Å². The van der Waals surface area contributed by atoms with Gasteiger partial charge in [-0.25, -0.2) is 4.79 Å². The molecular formula is C22H18N4O5S. The van der Waals surface area contributed by atoms with Gasteiger partial charge in [-0.2, -0.15) is 0 Å². The molecule has 3 aromatic rings. The first-order chi connectivity index (χ1) is 15.4. The van der Waals surface area contributed by atoms with Crippen molar-refractivity contribution in [3.8, 4) is 16.2 Å². The van der Waals surface area contributed by atoms with E-state index in [-0.39, 0.29) is 17.4 Å². The molecule has 0 amide bonds. The third-order valence-electron chi connectivity index (χ3n) is 6.00. The second-order valence-electron chi connectivity index (χ2n) is 7.93. The average Bonchev–Trinajstić information content (AvgIpc) is 3.53. The normalized spacial score (nSPS) is 17.7. The maximum absolute atomic E-state index is 12.8. The fourth-order valence-electron chi connectivity index (χ4n) is 4.32. The first-order valence-corrected chi connectivity index (χ1v) is 11.0. The number of pyridine rings is 1. The van der Waals surface area contributed by atoms with E-state index in [9.17, 15) is 19.5 Å². The first-order valence-electron chi connectivity index (χ1n) is 10.1. The Hall–Kier alpha value is -3.62. The van der Waals surface area contributed by atoms with Gasteiger partial charge in [-0.3, -0.25) is 9.59 Å². The fraction of sp³-hybridized carbons (Fsp3) is 0.318. The van der Waals surface area contributed by atoms with E-state index < -0.39 is 17.4 Å². The van der Waals surface area contributed by atoms with Crippen molar-refractivity contribution in [2.75, 3.05) is 7.11 Å². The zero-order chi connectivity index (χ0) is 22.6. The number of carbonyl (C=O) groups excluding carboxylic acids is 1. The molecular weight excluding hydrogens is 432 g/mol. The maximum atomic E-state index is 12.8. The van der Waals surface area contributed by atoms with Crippen LogP contribution in [-0.4, -0.2) is 34.6 Å². The molecule has 0 aliphatic heterocycles. The Morgan fingerprint density at radius 3 is 2.72 bits per heavy atom. The predicted molar refractivity (Wildman–Crippen MR) is 119 cm³/mol. The number of aryl methyl sites for hydroxylation is 1. The lowest BCUT2D eigenvalue weighted by atomic mass is 9.93. The zero-order valence-corrected chi connectivity index (χ0v) is 17.9. The highest BCUT2D eigenvalue weighted by Crippen LogP contribution is 2.45. The Morgan fingerprint density at radius 2 is 2.06 bits per heavy atom. The number of azide groups is 1. The summed E-state index contributed by atoms with van der Waals surface area (Å²) in [5.41, 5.74) is 9.74. The molecule has 1 fully saturated rings. The van der Waals surface area contributed by atoms with Crippen molar-refractivity contribution < 1.29 is 19.4 Å². The van der Waals surface area contributed by atoms with Crippen molar-refractivity contribution >= 4 is 34.0 Å². The summed E-state index contributed by atoms with van der Waals surface area (Å²) in [7, 11) is 1.52. The highest BCUT2D eigenvalue weighted by atomic mass is 32.1. The molecule has 2 aliphatic carbocycles. The van der Waals surface area contributed by atoms with E-state index >= 15 is 0 Å². The number of benzene rings is 1. The standard InChI is InChI=1S/C22H18N4O5S/c1-31-21-11(17-8-13-16(32-17)7-6-15(20(13)28)24-25-23)4-5-12-18(21)26(10-2-3-10)9-14(19(12)27)22(29)30/h4-5,8-10,15H,2-3,6-7H2,1H3,(H,29,30). The van der Waals surface area contributed by atoms with Crippen LogP contribution in [0.1, 0.15) is 50.9 Å². The summed E-state index contributed by atoms with van der Waals surface area (Å²) >= 11 is 1.48. The van der Waals surface area contributed by atoms with Gasteiger partial charge in [-0.15, -0.1) is 11.3 Å². The highest BCUT2D eigenvalue weighted by Gasteiger charge is 2.31. The second-order valence-corrected chi connectivity index (χ2v) is 9.07. The van der Waals surface area contributed by atoms with Crippen LogP contribution >= 0.6 is 11.3 Å². The van der Waals surface area contributed by atoms with Gasteiger partial charge in [0.25, 0.3) is 0 Å². The van der Waals surface area contributed by atoms with Gasteiger partial charge in [0, 0.05) is 38.0 Å². The minimum Gasteiger partial charge on any atom is -0.494 e. The van der Waals surface area contributed by atoms with Crippen LogP contribution in [0.25, 0.3) is 31.8 Å². The lowest BCUT2D eigenvalue weighted by Crippen LogP contribution is -2.23. The molecule has 0 bridgehead atoms. The number of ketones is 1. The number of carbonyl (C=O) groups is 2. The molecule has 5 rings (SSSR count). The van der Waals surface area contributed by atoms with Crippen molar-refractivity contribution in [2.45, 2.75) is 37.8 Å². The molecule has 2 heterocycles. The molecule has 0 saturated heterocycles. The zero-order valence-electron chi connectivity index (χ0n) is 17.1. The van der Waals surface area contributed by atoms with E-state index in [0.29, 0.717) is 35.1 Å². The second kappa shape index (κ2) is 7.51. The van der Waals surface area contributed by atoms with Gasteiger partial charge in [0.15, 0.2) is 11.5 Å². The molecule has 9 nitrogen and oxygen atoms in total. The Labute approximate surface area is 185 Å². The summed E-state index contributed by atoms with van der Waals surface area (Å²) in [6, 6.07) is 4.57. The van der Waals surface area contributed by atoms with E-state index in [1.807, 2.05) is 4.57 Å². The number of methoxy groups -OCH3 is 1. The molecule has 2 aliphatic rings. The van der Waals surface area contributed by atoms with Gasteiger partial charge in [0.2, 0.25) is 5.43 Å². The highest BCUT2D eigenvalue weighted by molar-refractivity contribution is 7.16. The van der Waals surface area contributed by atoms with E-state index in [1.165, 1.54) is 24.6 Å². The number of fused-ring (bicyclic) bond motifs is 2. The van der Waals surface area contributed by atoms with Crippen molar-refractivity contribution in [2.24, 2.45) is 5.11 Å². The summed E-state index contributed by atoms with van der Waals surface area (Å²) in [5.74, 6) is -0.971. The third kappa shape index (κ3) is 3.07. The van der Waals surface area contributed by atoms with Crippen LogP contribution < -0.4 is 10.2 Å². The molecule has 1 aromatic carbocycles. The van der Waals surface area contributed by atoms with Gasteiger partial charge in [-0.05, 0) is 49.4 Å². The van der Waals surface area contributed by atoms with Crippen molar-refractivity contribution in [1.29, 1.82) is 0 Å². The number of Topliss-reactive ketones (excluding diaryl/α,β-unsaturated/α-hetero) is 1. The number of thiophene rings is 1. The van der Waals surface area contributed by atoms with Crippen molar-refractivity contribution in [3.63, 3.8) is 0 Å². The van der Waals surface area contributed by atoms with E-state index in [2.05, 4.69) is 10.0 Å². The first kappa shape index (κ1) is 20.3. The average molecular weight is 450 g/mol. The molecule has 1 atom stereocenters. The number of rotatable bonds is 5. The molecule has 162 valence electrons. The van der Waals surface area contributed by atoms with Crippen molar-refractivity contribution in [1.82, 2.24) is 4.57 Å². The molecule has 1 unspecified atom stereocenters. The number of carboxylic acids is 1. The smallest absolute Gasteiger partial charge is 0.341 e. The van der Waals surface area contributed by atoms with E-state index in [1.54, 1.807) is 18.2 Å².